The van der Waals surface area contributed by atoms with Gasteiger partial charge in [0.2, 0.25) is 0 Å². The van der Waals surface area contributed by atoms with Crippen molar-refractivity contribution in [1.29, 1.82) is 0 Å². The van der Waals surface area contributed by atoms with Gasteiger partial charge in [0.1, 0.15) is 16.7 Å². The van der Waals surface area contributed by atoms with Crippen molar-refractivity contribution in [2.75, 3.05) is 12.4 Å². The molecule has 0 aromatic carbocycles. The van der Waals surface area contributed by atoms with Gasteiger partial charge in [0, 0.05) is 30.4 Å². The fourth-order valence-electron chi connectivity index (χ4n) is 1.76. The average Bonchev–Trinajstić information content (AvgIpc) is 2.44. The highest BCUT2D eigenvalue weighted by Crippen LogP contribution is 2.27. The lowest BCUT2D eigenvalue weighted by Gasteiger charge is -2.10. The van der Waals surface area contributed by atoms with E-state index in [-0.39, 0.29) is 5.92 Å². The van der Waals surface area contributed by atoms with Crippen molar-refractivity contribution in [3.8, 4) is 0 Å². The van der Waals surface area contributed by atoms with E-state index >= 15 is 0 Å². The maximum Gasteiger partial charge on any atom is 0.194 e. The predicted octanol–water partition coefficient (Wildman–Crippen LogP) is 3.51. The Bertz CT molecular complexity index is 632. The van der Waals surface area contributed by atoms with E-state index in [1.165, 1.54) is 11.8 Å². The third kappa shape index (κ3) is 3.69. The van der Waals surface area contributed by atoms with Crippen LogP contribution in [0.3, 0.4) is 0 Å². The molecule has 0 atom stereocenters. The molecule has 0 bridgehead atoms. The first-order valence-corrected chi connectivity index (χ1v) is 7.78. The molecule has 0 radical (unpaired) electrons. The van der Waals surface area contributed by atoms with Crippen molar-refractivity contribution in [2.24, 2.45) is 0 Å². The van der Waals surface area contributed by atoms with E-state index in [4.69, 9.17) is 0 Å². The molecule has 0 aliphatic heterocycles. The zero-order chi connectivity index (χ0) is 15.6. The first kappa shape index (κ1) is 15.7. The number of hydrogen-bond acceptors (Lipinski definition) is 6. The molecule has 0 saturated heterocycles. The molecule has 0 fully saturated rings. The van der Waals surface area contributed by atoms with Crippen LogP contribution < -0.4 is 5.32 Å². The zero-order valence-corrected chi connectivity index (χ0v) is 14.2. The molecule has 2 aromatic heterocycles. The minimum Gasteiger partial charge on any atom is -0.373 e. The number of anilines is 1. The largest absolute Gasteiger partial charge is 0.373 e. The molecule has 21 heavy (non-hydrogen) atoms. The molecule has 2 aromatic rings. The smallest absolute Gasteiger partial charge is 0.194 e. The van der Waals surface area contributed by atoms with Crippen LogP contribution >= 0.6 is 11.8 Å². The third-order valence-corrected chi connectivity index (χ3v) is 4.08. The highest BCUT2D eigenvalue weighted by atomic mass is 32.2. The molecule has 0 aliphatic rings. The first-order valence-electron chi connectivity index (χ1n) is 6.97. The molecule has 0 spiro atoms. The monoisotopic (exact) mass is 303 g/mol. The van der Waals surface area contributed by atoms with Gasteiger partial charge in [-0.2, -0.15) is 0 Å². The topological polar surface area (TPSA) is 63.6 Å². The molecule has 2 heterocycles. The molecule has 5 nitrogen and oxygen atoms in total. The number of rotatable bonds is 4. The maximum absolute atomic E-state index is 4.59. The summed E-state index contributed by atoms with van der Waals surface area (Å²) in [6.07, 6.45) is 0. The summed E-state index contributed by atoms with van der Waals surface area (Å²) in [4.78, 5) is 18.1. The second-order valence-corrected chi connectivity index (χ2v) is 6.25. The third-order valence-electron chi connectivity index (χ3n) is 3.30. The SMILES string of the molecule is CNc1cc(Sc2nc(C)c(C)c(C)n2)nc(C(C)C)n1. The molecule has 2 rings (SSSR count). The van der Waals surface area contributed by atoms with Crippen molar-refractivity contribution in [1.82, 2.24) is 19.9 Å². The minimum atomic E-state index is 0.278. The summed E-state index contributed by atoms with van der Waals surface area (Å²) >= 11 is 1.47. The van der Waals surface area contributed by atoms with Crippen LogP contribution in [0, 0.1) is 20.8 Å². The van der Waals surface area contributed by atoms with Crippen LogP contribution in [0.25, 0.3) is 0 Å². The number of nitrogens with one attached hydrogen (secondary N) is 1. The lowest BCUT2D eigenvalue weighted by Crippen LogP contribution is -2.03. The van der Waals surface area contributed by atoms with Gasteiger partial charge in [-0.15, -0.1) is 0 Å². The van der Waals surface area contributed by atoms with Gasteiger partial charge < -0.3 is 5.32 Å². The fourth-order valence-corrected chi connectivity index (χ4v) is 2.62. The molecule has 112 valence electrons. The van der Waals surface area contributed by atoms with Gasteiger partial charge in [-0.1, -0.05) is 13.8 Å². The molecule has 1 N–H and O–H groups in total. The summed E-state index contributed by atoms with van der Waals surface area (Å²) in [5.74, 6) is 1.92. The van der Waals surface area contributed by atoms with Crippen molar-refractivity contribution < 1.29 is 0 Å². The Hall–Kier alpha value is -1.69. The summed E-state index contributed by atoms with van der Waals surface area (Å²) in [6.45, 7) is 10.2. The van der Waals surface area contributed by atoms with E-state index in [9.17, 15) is 0 Å². The molecule has 6 heteroatoms. The van der Waals surface area contributed by atoms with Crippen molar-refractivity contribution in [2.45, 2.75) is 50.7 Å². The van der Waals surface area contributed by atoms with Crippen molar-refractivity contribution >= 4 is 17.6 Å². The van der Waals surface area contributed by atoms with E-state index < -0.39 is 0 Å². The minimum absolute atomic E-state index is 0.278. The van der Waals surface area contributed by atoms with E-state index in [0.29, 0.717) is 0 Å². The lowest BCUT2D eigenvalue weighted by molar-refractivity contribution is 0.754. The van der Waals surface area contributed by atoms with Gasteiger partial charge in [0.15, 0.2) is 5.16 Å². The van der Waals surface area contributed by atoms with E-state index in [1.807, 2.05) is 33.9 Å². The van der Waals surface area contributed by atoms with Gasteiger partial charge in [-0.25, -0.2) is 19.9 Å². The molecule has 0 amide bonds. The van der Waals surface area contributed by atoms with Gasteiger partial charge in [-0.3, -0.25) is 0 Å². The Morgan fingerprint density at radius 3 is 2.14 bits per heavy atom. The summed E-state index contributed by atoms with van der Waals surface area (Å²) < 4.78 is 0. The highest BCUT2D eigenvalue weighted by Gasteiger charge is 2.11. The molecule has 0 unspecified atom stereocenters. The Morgan fingerprint density at radius 1 is 1.00 bits per heavy atom. The van der Waals surface area contributed by atoms with Crippen molar-refractivity contribution in [3.63, 3.8) is 0 Å². The number of nitrogens with zero attached hydrogens (tertiary/aromatic N) is 4. The second-order valence-electron chi connectivity index (χ2n) is 5.26. The Morgan fingerprint density at radius 2 is 1.62 bits per heavy atom. The number of hydrogen-bond donors (Lipinski definition) is 1. The Labute approximate surface area is 130 Å². The summed E-state index contributed by atoms with van der Waals surface area (Å²) in [7, 11) is 1.86. The Balaban J connectivity index is 2.37. The standard InChI is InChI=1S/C15H21N5S/c1-8(2)14-19-12(16-6)7-13(20-14)21-15-17-10(4)9(3)11(5)18-15/h7-8H,1-6H3,(H,16,19,20). The summed E-state index contributed by atoms with van der Waals surface area (Å²) in [6, 6.07) is 1.92. The highest BCUT2D eigenvalue weighted by molar-refractivity contribution is 7.99. The molecule has 0 aliphatic carbocycles. The molecule has 0 saturated carbocycles. The van der Waals surface area contributed by atoms with E-state index in [2.05, 4.69) is 39.1 Å². The lowest BCUT2D eigenvalue weighted by atomic mass is 10.2. The van der Waals surface area contributed by atoms with E-state index in [0.717, 1.165) is 38.8 Å². The van der Waals surface area contributed by atoms with Gasteiger partial charge in [0.05, 0.1) is 0 Å². The van der Waals surface area contributed by atoms with Crippen LogP contribution in [-0.2, 0) is 0 Å². The number of aromatic nitrogens is 4. The van der Waals surface area contributed by atoms with Crippen LogP contribution in [0.4, 0.5) is 5.82 Å². The van der Waals surface area contributed by atoms with Crippen LogP contribution in [0.1, 0.15) is 42.5 Å². The summed E-state index contributed by atoms with van der Waals surface area (Å²) in [5.41, 5.74) is 3.16. The fraction of sp³-hybridized carbons (Fsp3) is 0.467. The summed E-state index contributed by atoms with van der Waals surface area (Å²) in [5, 5.41) is 4.66. The average molecular weight is 303 g/mol. The van der Waals surface area contributed by atoms with E-state index in [1.54, 1.807) is 0 Å². The van der Waals surface area contributed by atoms with Crippen molar-refractivity contribution in [3.05, 3.63) is 28.8 Å². The Kier molecular flexibility index (Phi) is 4.77. The van der Waals surface area contributed by atoms with Gasteiger partial charge >= 0.3 is 0 Å². The van der Waals surface area contributed by atoms with Gasteiger partial charge in [-0.05, 0) is 38.1 Å². The van der Waals surface area contributed by atoms with Crippen LogP contribution in [0.15, 0.2) is 16.2 Å². The second kappa shape index (κ2) is 6.39. The van der Waals surface area contributed by atoms with Crippen LogP contribution in [0.5, 0.6) is 0 Å². The predicted molar refractivity (Wildman–Crippen MR) is 86.0 cm³/mol. The number of aryl methyl sites for hydroxylation is 2. The first-order chi connectivity index (χ1) is 9.90. The van der Waals surface area contributed by atoms with Crippen LogP contribution in [-0.4, -0.2) is 27.0 Å². The normalized spacial score (nSPS) is 11.0. The zero-order valence-electron chi connectivity index (χ0n) is 13.4. The van der Waals surface area contributed by atoms with Gasteiger partial charge in [0.25, 0.3) is 0 Å². The van der Waals surface area contributed by atoms with Crippen LogP contribution in [0.2, 0.25) is 0 Å². The molecular weight excluding hydrogens is 282 g/mol. The quantitative estimate of drug-likeness (QED) is 0.689. The molecular formula is C15H21N5S. The maximum atomic E-state index is 4.59.